The minimum absolute atomic E-state index is 0.743. The highest BCUT2D eigenvalue weighted by atomic mass is 79.9. The fourth-order valence-corrected chi connectivity index (χ4v) is 2.55. The van der Waals surface area contributed by atoms with Gasteiger partial charge in [0.05, 0.1) is 6.61 Å². The number of rotatable bonds is 10. The molecule has 1 aromatic carbocycles. The van der Waals surface area contributed by atoms with Gasteiger partial charge in [0.2, 0.25) is 0 Å². The van der Waals surface area contributed by atoms with Crippen LogP contribution in [0.25, 0.3) is 0 Å². The van der Waals surface area contributed by atoms with Crippen molar-refractivity contribution in [2.24, 2.45) is 0 Å². The summed E-state index contributed by atoms with van der Waals surface area (Å²) >= 11 is 9.42. The maximum absolute atomic E-state index is 5.96. The molecule has 1 rings (SSSR count). The van der Waals surface area contributed by atoms with Crippen LogP contribution >= 0.6 is 27.5 Å². The van der Waals surface area contributed by atoms with Gasteiger partial charge in [-0.2, -0.15) is 0 Å². The SMILES string of the molecule is Cc1ccc(Cl)cc1OCCCCCCCCCBr. The van der Waals surface area contributed by atoms with Gasteiger partial charge in [0.25, 0.3) is 0 Å². The summed E-state index contributed by atoms with van der Waals surface area (Å²) in [7, 11) is 0. The molecule has 3 heteroatoms. The first-order valence-electron chi connectivity index (χ1n) is 7.19. The van der Waals surface area contributed by atoms with E-state index >= 15 is 0 Å². The van der Waals surface area contributed by atoms with E-state index in [1.807, 2.05) is 18.2 Å². The fraction of sp³-hybridized carbons (Fsp3) is 0.625. The first-order chi connectivity index (χ1) is 9.24. The van der Waals surface area contributed by atoms with Crippen LogP contribution in [0.3, 0.4) is 0 Å². The van der Waals surface area contributed by atoms with E-state index in [0.29, 0.717) is 0 Å². The van der Waals surface area contributed by atoms with Crippen LogP contribution in [0.15, 0.2) is 18.2 Å². The molecule has 1 aromatic rings. The van der Waals surface area contributed by atoms with Gasteiger partial charge in [-0.25, -0.2) is 0 Å². The van der Waals surface area contributed by atoms with Crippen molar-refractivity contribution >= 4 is 27.5 Å². The van der Waals surface area contributed by atoms with Gasteiger partial charge in [0.15, 0.2) is 0 Å². The zero-order chi connectivity index (χ0) is 13.9. The Labute approximate surface area is 130 Å². The first kappa shape index (κ1) is 16.8. The molecule has 0 spiro atoms. The molecule has 1 nitrogen and oxygen atoms in total. The number of halogens is 2. The average molecular weight is 348 g/mol. The van der Waals surface area contributed by atoms with Crippen molar-refractivity contribution in [3.63, 3.8) is 0 Å². The predicted octanol–water partition coefficient (Wildman–Crippen LogP) is 6.15. The topological polar surface area (TPSA) is 9.23 Å². The van der Waals surface area contributed by atoms with Crippen molar-refractivity contribution in [2.75, 3.05) is 11.9 Å². The highest BCUT2D eigenvalue weighted by molar-refractivity contribution is 9.09. The molecule has 0 aliphatic carbocycles. The third-order valence-corrected chi connectivity index (χ3v) is 3.98. The molecule has 19 heavy (non-hydrogen) atoms. The van der Waals surface area contributed by atoms with E-state index in [9.17, 15) is 0 Å². The average Bonchev–Trinajstić information content (AvgIpc) is 2.40. The largest absolute Gasteiger partial charge is 0.493 e. The molecule has 0 saturated heterocycles. The monoisotopic (exact) mass is 346 g/mol. The standard InChI is InChI=1S/C16H24BrClO/c1-14-9-10-15(18)13-16(14)19-12-8-6-4-2-3-5-7-11-17/h9-10,13H,2-8,11-12H2,1H3. The second-order valence-electron chi connectivity index (χ2n) is 4.92. The Morgan fingerprint density at radius 1 is 1.00 bits per heavy atom. The number of hydrogen-bond donors (Lipinski definition) is 0. The summed E-state index contributed by atoms with van der Waals surface area (Å²) in [5, 5.41) is 1.88. The third kappa shape index (κ3) is 7.84. The summed E-state index contributed by atoms with van der Waals surface area (Å²) in [6, 6.07) is 5.80. The van der Waals surface area contributed by atoms with E-state index in [-0.39, 0.29) is 0 Å². The second kappa shape index (κ2) is 10.6. The van der Waals surface area contributed by atoms with E-state index in [1.165, 1.54) is 38.5 Å². The van der Waals surface area contributed by atoms with Crippen LogP contribution in [-0.2, 0) is 0 Å². The molecular weight excluding hydrogens is 324 g/mol. The van der Waals surface area contributed by atoms with Crippen LogP contribution in [0, 0.1) is 6.92 Å². The molecule has 0 amide bonds. The summed E-state index contributed by atoms with van der Waals surface area (Å²) in [5.41, 5.74) is 1.15. The van der Waals surface area contributed by atoms with E-state index in [4.69, 9.17) is 16.3 Å². The lowest BCUT2D eigenvalue weighted by Crippen LogP contribution is -1.98. The van der Waals surface area contributed by atoms with Crippen LogP contribution in [0.4, 0.5) is 0 Å². The normalized spacial score (nSPS) is 10.7. The minimum Gasteiger partial charge on any atom is -0.493 e. The van der Waals surface area contributed by atoms with Gasteiger partial charge in [0, 0.05) is 10.4 Å². The highest BCUT2D eigenvalue weighted by Gasteiger charge is 2.00. The highest BCUT2D eigenvalue weighted by Crippen LogP contribution is 2.22. The van der Waals surface area contributed by atoms with Crippen molar-refractivity contribution in [1.82, 2.24) is 0 Å². The molecule has 0 aliphatic rings. The minimum atomic E-state index is 0.743. The van der Waals surface area contributed by atoms with E-state index in [2.05, 4.69) is 22.9 Å². The maximum Gasteiger partial charge on any atom is 0.123 e. The molecule has 0 N–H and O–H groups in total. The Morgan fingerprint density at radius 3 is 2.32 bits per heavy atom. The number of benzene rings is 1. The van der Waals surface area contributed by atoms with E-state index in [1.54, 1.807) is 0 Å². The molecule has 0 aliphatic heterocycles. The molecule has 0 unspecified atom stereocenters. The van der Waals surface area contributed by atoms with Crippen LogP contribution in [-0.4, -0.2) is 11.9 Å². The van der Waals surface area contributed by atoms with Crippen molar-refractivity contribution in [2.45, 2.75) is 51.9 Å². The summed E-state index contributed by atoms with van der Waals surface area (Å²) < 4.78 is 5.77. The zero-order valence-corrected chi connectivity index (χ0v) is 14.1. The molecule has 0 aromatic heterocycles. The number of alkyl halides is 1. The van der Waals surface area contributed by atoms with Gasteiger partial charge in [-0.15, -0.1) is 0 Å². The number of aryl methyl sites for hydroxylation is 1. The van der Waals surface area contributed by atoms with Crippen molar-refractivity contribution < 1.29 is 4.74 Å². The Hall–Kier alpha value is -0.210. The first-order valence-corrected chi connectivity index (χ1v) is 8.69. The van der Waals surface area contributed by atoms with Gasteiger partial charge < -0.3 is 4.74 Å². The van der Waals surface area contributed by atoms with Crippen LogP contribution < -0.4 is 4.74 Å². The molecule has 0 atom stereocenters. The van der Waals surface area contributed by atoms with Gasteiger partial charge in [-0.1, -0.05) is 65.7 Å². The Bertz CT molecular complexity index is 355. The summed E-state index contributed by atoms with van der Waals surface area (Å²) in [4.78, 5) is 0. The zero-order valence-electron chi connectivity index (χ0n) is 11.8. The van der Waals surface area contributed by atoms with Crippen LogP contribution in [0.5, 0.6) is 5.75 Å². The van der Waals surface area contributed by atoms with E-state index < -0.39 is 0 Å². The smallest absolute Gasteiger partial charge is 0.123 e. The Kier molecular flexibility index (Phi) is 9.36. The molecule has 0 heterocycles. The van der Waals surface area contributed by atoms with Gasteiger partial charge in [-0.05, 0) is 37.5 Å². The molecular formula is C16H24BrClO. The molecule has 0 fully saturated rings. The van der Waals surface area contributed by atoms with Crippen molar-refractivity contribution in [1.29, 1.82) is 0 Å². The quantitative estimate of drug-likeness (QED) is 0.364. The number of hydrogen-bond acceptors (Lipinski definition) is 1. The maximum atomic E-state index is 5.96. The van der Waals surface area contributed by atoms with Gasteiger partial charge in [0.1, 0.15) is 5.75 Å². The van der Waals surface area contributed by atoms with Gasteiger partial charge >= 0.3 is 0 Å². The molecule has 0 radical (unpaired) electrons. The van der Waals surface area contributed by atoms with Crippen LogP contribution in [0.1, 0.15) is 50.5 Å². The van der Waals surface area contributed by atoms with Crippen molar-refractivity contribution in [3.8, 4) is 5.75 Å². The Morgan fingerprint density at radius 2 is 1.63 bits per heavy atom. The summed E-state index contributed by atoms with van der Waals surface area (Å²) in [6.45, 7) is 2.85. The van der Waals surface area contributed by atoms with Crippen LogP contribution in [0.2, 0.25) is 5.02 Å². The fourth-order valence-electron chi connectivity index (χ4n) is 1.99. The summed E-state index contributed by atoms with van der Waals surface area (Å²) in [5.74, 6) is 0.921. The third-order valence-electron chi connectivity index (χ3n) is 3.19. The second-order valence-corrected chi connectivity index (χ2v) is 6.15. The molecule has 0 saturated carbocycles. The number of ether oxygens (including phenoxy) is 1. The predicted molar refractivity (Wildman–Crippen MR) is 87.8 cm³/mol. The van der Waals surface area contributed by atoms with E-state index in [0.717, 1.165) is 34.7 Å². The summed E-state index contributed by atoms with van der Waals surface area (Å²) in [6.07, 6.45) is 9.07. The molecule has 0 bridgehead atoms. The lowest BCUT2D eigenvalue weighted by molar-refractivity contribution is 0.302. The Balaban J connectivity index is 2.03. The lowest BCUT2D eigenvalue weighted by Gasteiger charge is -2.09. The van der Waals surface area contributed by atoms with Gasteiger partial charge in [-0.3, -0.25) is 0 Å². The number of unbranched alkanes of at least 4 members (excludes halogenated alkanes) is 6. The van der Waals surface area contributed by atoms with Crippen molar-refractivity contribution in [3.05, 3.63) is 28.8 Å². The lowest BCUT2D eigenvalue weighted by atomic mass is 10.1. The molecule has 108 valence electrons.